The minimum atomic E-state index is -4.70. The maximum atomic E-state index is 15.1. The predicted octanol–water partition coefficient (Wildman–Crippen LogP) is 1.74. The summed E-state index contributed by atoms with van der Waals surface area (Å²) in [4.78, 5) is 37.5. The van der Waals surface area contributed by atoms with Crippen LogP contribution in [0.25, 0.3) is 11.1 Å². The summed E-state index contributed by atoms with van der Waals surface area (Å²) in [5, 5.41) is 11.8. The van der Waals surface area contributed by atoms with Gasteiger partial charge in [0.05, 0.1) is 14.1 Å². The predicted molar refractivity (Wildman–Crippen MR) is 117 cm³/mol. The maximum Gasteiger partial charge on any atom is 0.521 e. The molecule has 1 amide bonds. The third-order valence-corrected chi connectivity index (χ3v) is 5.88. The first-order valence-electron chi connectivity index (χ1n) is 9.97. The van der Waals surface area contributed by atoms with Crippen molar-refractivity contribution in [2.75, 3.05) is 32.1 Å². The first-order valence-corrected chi connectivity index (χ1v) is 11.5. The molecule has 1 aliphatic heterocycles. The number of cyclic esters (lactones) is 1. The summed E-state index contributed by atoms with van der Waals surface area (Å²) in [7, 11) is 0.199. The highest BCUT2D eigenvalue weighted by molar-refractivity contribution is 7.46. The second kappa shape index (κ2) is 8.81. The van der Waals surface area contributed by atoms with Crippen LogP contribution in [0, 0.1) is 5.82 Å². The molecule has 13 nitrogen and oxygen atoms in total. The number of quaternary nitrogens is 1. The normalized spacial score (nSPS) is 20.4. The highest BCUT2D eigenvalue weighted by atomic mass is 31.2. The number of aryl methyl sites for hydroxylation is 1. The third-order valence-electron chi connectivity index (χ3n) is 5.39. The SMILES string of the molecule is CN(c1ccc(-c2ccc([N+]3(C)CC(COP(=O)(O)O)OC3=O)cc2F)cn1)c1nnn(C)n1. The average Bonchev–Trinajstić information content (AvgIpc) is 3.35. The summed E-state index contributed by atoms with van der Waals surface area (Å²) >= 11 is 0. The fraction of sp³-hybridized carbons (Fsp3) is 0.316. The molecule has 1 aliphatic rings. The fourth-order valence-electron chi connectivity index (χ4n) is 3.56. The quantitative estimate of drug-likeness (QED) is 0.365. The van der Waals surface area contributed by atoms with Crippen molar-refractivity contribution >= 4 is 31.4 Å². The number of benzene rings is 1. The van der Waals surface area contributed by atoms with E-state index in [1.54, 1.807) is 37.2 Å². The number of carbonyl (C=O) groups is 1. The van der Waals surface area contributed by atoms with Gasteiger partial charge in [-0.05, 0) is 23.4 Å². The Hall–Kier alpha value is -3.29. The van der Waals surface area contributed by atoms with Crippen LogP contribution in [0.3, 0.4) is 0 Å². The smallest absolute Gasteiger partial charge is 0.408 e. The van der Waals surface area contributed by atoms with E-state index in [0.717, 1.165) is 0 Å². The molecule has 1 saturated heterocycles. The minimum absolute atomic E-state index is 0.0244. The van der Waals surface area contributed by atoms with Crippen LogP contribution in [0.2, 0.25) is 0 Å². The molecule has 15 heteroatoms. The zero-order valence-electron chi connectivity index (χ0n) is 18.4. The Bertz CT molecular complexity index is 1270. The van der Waals surface area contributed by atoms with Gasteiger partial charge in [-0.1, -0.05) is 5.10 Å². The number of aromatic nitrogens is 5. The van der Waals surface area contributed by atoms with E-state index in [0.29, 0.717) is 23.0 Å². The molecule has 4 rings (SSSR count). The van der Waals surface area contributed by atoms with Crippen molar-refractivity contribution in [1.29, 1.82) is 0 Å². The Morgan fingerprint density at radius 1 is 1.35 bits per heavy atom. The van der Waals surface area contributed by atoms with E-state index in [4.69, 9.17) is 14.5 Å². The second-order valence-corrected chi connectivity index (χ2v) is 9.11. The molecule has 1 aromatic carbocycles. The van der Waals surface area contributed by atoms with Crippen molar-refractivity contribution in [3.05, 3.63) is 42.3 Å². The molecule has 2 aromatic heterocycles. The van der Waals surface area contributed by atoms with Crippen LogP contribution < -0.4 is 9.38 Å². The molecule has 0 spiro atoms. The van der Waals surface area contributed by atoms with Crippen LogP contribution in [-0.2, 0) is 20.9 Å². The van der Waals surface area contributed by atoms with Crippen LogP contribution in [0.15, 0.2) is 36.5 Å². The van der Waals surface area contributed by atoms with Crippen LogP contribution in [0.4, 0.5) is 26.6 Å². The van der Waals surface area contributed by atoms with E-state index in [2.05, 4.69) is 24.9 Å². The zero-order valence-corrected chi connectivity index (χ0v) is 19.3. The lowest BCUT2D eigenvalue weighted by Gasteiger charge is -2.23. The molecule has 0 saturated carbocycles. The number of ether oxygens (including phenoxy) is 1. The van der Waals surface area contributed by atoms with E-state index in [9.17, 15) is 9.36 Å². The summed E-state index contributed by atoms with van der Waals surface area (Å²) in [5.74, 6) is 0.325. The van der Waals surface area contributed by atoms with Crippen LogP contribution in [0.5, 0.6) is 0 Å². The first-order chi connectivity index (χ1) is 16.0. The Balaban J connectivity index is 1.52. The molecule has 2 N–H and O–H groups in total. The molecule has 0 bridgehead atoms. The number of hydrogen-bond acceptors (Lipinski definition) is 9. The average molecular weight is 494 g/mol. The van der Waals surface area contributed by atoms with Gasteiger partial charge in [-0.25, -0.2) is 13.9 Å². The van der Waals surface area contributed by atoms with E-state index < -0.39 is 36.9 Å². The van der Waals surface area contributed by atoms with Crippen LogP contribution in [0.1, 0.15) is 0 Å². The van der Waals surface area contributed by atoms with E-state index in [1.165, 1.54) is 30.2 Å². The molecule has 2 atom stereocenters. The number of carbonyl (C=O) groups excluding carboxylic acids is 1. The van der Waals surface area contributed by atoms with Crippen molar-refractivity contribution in [3.63, 3.8) is 0 Å². The lowest BCUT2D eigenvalue weighted by atomic mass is 10.1. The van der Waals surface area contributed by atoms with Crippen LogP contribution in [-0.4, -0.2) is 74.4 Å². The first kappa shape index (κ1) is 23.9. The molecule has 3 aromatic rings. The van der Waals surface area contributed by atoms with Crippen molar-refractivity contribution in [2.45, 2.75) is 6.10 Å². The Kier molecular flexibility index (Phi) is 6.18. The van der Waals surface area contributed by atoms with Gasteiger partial charge in [-0.2, -0.15) is 14.1 Å². The summed E-state index contributed by atoms with van der Waals surface area (Å²) in [6.45, 7) is -0.447. The number of anilines is 2. The zero-order chi connectivity index (χ0) is 24.7. The molecule has 2 unspecified atom stereocenters. The van der Waals surface area contributed by atoms with Gasteiger partial charge in [0, 0.05) is 36.5 Å². The number of likely N-dealkylation sites (N-methyl/N-ethyl adjacent to an activating group) is 1. The third kappa shape index (κ3) is 4.81. The molecule has 34 heavy (non-hydrogen) atoms. The number of tetrazole rings is 1. The van der Waals surface area contributed by atoms with Gasteiger partial charge in [0.1, 0.15) is 30.5 Å². The fourth-order valence-corrected chi connectivity index (χ4v) is 3.92. The lowest BCUT2D eigenvalue weighted by Crippen LogP contribution is -2.46. The summed E-state index contributed by atoms with van der Waals surface area (Å²) in [6.07, 6.45) is -0.0561. The van der Waals surface area contributed by atoms with E-state index >= 15 is 4.39 Å². The number of rotatable bonds is 7. The van der Waals surface area contributed by atoms with Gasteiger partial charge in [0.15, 0.2) is 6.10 Å². The molecule has 1 fully saturated rings. The van der Waals surface area contributed by atoms with E-state index in [1.807, 2.05) is 0 Å². The second-order valence-electron chi connectivity index (χ2n) is 7.87. The van der Waals surface area contributed by atoms with Crippen molar-refractivity contribution < 1.29 is 32.8 Å². The highest BCUT2D eigenvalue weighted by Crippen LogP contribution is 2.38. The monoisotopic (exact) mass is 494 g/mol. The Morgan fingerprint density at radius 2 is 2.12 bits per heavy atom. The van der Waals surface area contributed by atoms with Crippen LogP contribution >= 0.6 is 7.82 Å². The lowest BCUT2D eigenvalue weighted by molar-refractivity contribution is 0.0873. The molecular formula is C19H22FN7O6P+. The number of phosphoric ester groups is 1. The van der Waals surface area contributed by atoms with Crippen molar-refractivity contribution in [3.8, 4) is 11.1 Å². The van der Waals surface area contributed by atoms with Gasteiger partial charge < -0.3 is 14.5 Å². The molecule has 3 heterocycles. The number of nitrogens with zero attached hydrogens (tertiary/aromatic N) is 7. The van der Waals surface area contributed by atoms with Gasteiger partial charge in [-0.3, -0.25) is 9.42 Å². The molecular weight excluding hydrogens is 472 g/mol. The van der Waals surface area contributed by atoms with Gasteiger partial charge in [0.2, 0.25) is 0 Å². The van der Waals surface area contributed by atoms with Gasteiger partial charge in [-0.15, -0.1) is 5.10 Å². The van der Waals surface area contributed by atoms with E-state index in [-0.39, 0.29) is 12.1 Å². The molecule has 0 aliphatic carbocycles. The van der Waals surface area contributed by atoms with Gasteiger partial charge in [0.25, 0.3) is 5.95 Å². The number of halogens is 1. The maximum absolute atomic E-state index is 15.1. The Labute approximate surface area is 193 Å². The summed E-state index contributed by atoms with van der Waals surface area (Å²) in [6, 6.07) is 7.74. The summed E-state index contributed by atoms with van der Waals surface area (Å²) < 4.78 is 35.2. The largest absolute Gasteiger partial charge is 0.521 e. The number of pyridine rings is 1. The minimum Gasteiger partial charge on any atom is -0.408 e. The topological polar surface area (TPSA) is 153 Å². The Morgan fingerprint density at radius 3 is 2.71 bits per heavy atom. The number of phosphoric acid groups is 1. The van der Waals surface area contributed by atoms with Crippen molar-refractivity contribution in [1.82, 2.24) is 29.7 Å². The molecule has 0 radical (unpaired) electrons. The number of amides is 1. The standard InChI is InChI=1S/C19H21FN7O6P/c1-25(18-22-24-26(2)23-18)17-7-4-12(9-21-17)15-6-5-13(8-16(15)20)27(3)10-14(33-19(27)28)11-32-34(29,30)31/h4-9,14H,10-11H2,1-3H3,(H-,29,30,31)/p+1. The summed E-state index contributed by atoms with van der Waals surface area (Å²) in [5.41, 5.74) is 1.12. The molecule has 180 valence electrons. The number of hydrogen-bond donors (Lipinski definition) is 2. The van der Waals surface area contributed by atoms with Gasteiger partial charge >= 0.3 is 13.9 Å². The highest BCUT2D eigenvalue weighted by Gasteiger charge is 2.48. The van der Waals surface area contributed by atoms with Crippen molar-refractivity contribution in [2.24, 2.45) is 7.05 Å².